The summed E-state index contributed by atoms with van der Waals surface area (Å²) >= 11 is 11.1. The minimum Gasteiger partial charge on any atom is -0.380 e. The molecule has 0 amide bonds. The van der Waals surface area contributed by atoms with Crippen LogP contribution in [0.3, 0.4) is 0 Å². The lowest BCUT2D eigenvalue weighted by molar-refractivity contribution is 0.138. The number of rotatable bonds is 5. The summed E-state index contributed by atoms with van der Waals surface area (Å²) < 4.78 is 5.12. The summed E-state index contributed by atoms with van der Waals surface area (Å²) in [6.45, 7) is 3.41. The van der Waals surface area contributed by atoms with Gasteiger partial charge in [0.05, 0.1) is 12.0 Å². The van der Waals surface area contributed by atoms with E-state index in [1.165, 1.54) is 0 Å². The van der Waals surface area contributed by atoms with Crippen molar-refractivity contribution in [3.8, 4) is 0 Å². The Balaban J connectivity index is 2.88. The van der Waals surface area contributed by atoms with Crippen molar-refractivity contribution in [3.63, 3.8) is 0 Å². The van der Waals surface area contributed by atoms with Gasteiger partial charge in [0.1, 0.15) is 0 Å². The maximum Gasteiger partial charge on any atom is 0.0704 e. The molecule has 0 N–H and O–H groups in total. The lowest BCUT2D eigenvalue weighted by Gasteiger charge is -2.04. The highest BCUT2D eigenvalue weighted by Crippen LogP contribution is 1.98. The molecule has 56 valence electrons. The van der Waals surface area contributed by atoms with E-state index in [-0.39, 0.29) is 5.38 Å². The Morgan fingerprint density at radius 2 is 2.22 bits per heavy atom. The van der Waals surface area contributed by atoms with Gasteiger partial charge in [0.25, 0.3) is 0 Å². The van der Waals surface area contributed by atoms with E-state index in [1.54, 1.807) is 0 Å². The van der Waals surface area contributed by atoms with E-state index in [2.05, 4.69) is 6.92 Å². The lowest BCUT2D eigenvalue weighted by atomic mass is 10.5. The van der Waals surface area contributed by atoms with Crippen LogP contribution in [0, 0.1) is 0 Å². The van der Waals surface area contributed by atoms with Gasteiger partial charge in [0.15, 0.2) is 0 Å². The average Bonchev–Trinajstić information content (AvgIpc) is 1.89. The zero-order valence-corrected chi connectivity index (χ0v) is 7.08. The molecular formula is C6H12Cl2O. The first kappa shape index (κ1) is 9.54. The molecule has 3 heteroatoms. The Morgan fingerprint density at radius 3 is 2.67 bits per heavy atom. The Labute approximate surface area is 66.3 Å². The maximum atomic E-state index is 5.64. The van der Waals surface area contributed by atoms with Crippen LogP contribution in [-0.4, -0.2) is 24.5 Å². The summed E-state index contributed by atoms with van der Waals surface area (Å²) in [6.07, 6.45) is 1.03. The van der Waals surface area contributed by atoms with E-state index >= 15 is 0 Å². The minimum atomic E-state index is -0.0294. The number of ether oxygens (including phenoxy) is 1. The van der Waals surface area contributed by atoms with Crippen LogP contribution in [-0.2, 0) is 4.74 Å². The molecule has 0 saturated carbocycles. The first-order chi connectivity index (χ1) is 4.31. The summed E-state index contributed by atoms with van der Waals surface area (Å²) in [5.41, 5.74) is 0. The third kappa shape index (κ3) is 6.42. The van der Waals surface area contributed by atoms with Crippen LogP contribution in [0.25, 0.3) is 0 Å². The van der Waals surface area contributed by atoms with Gasteiger partial charge in [-0.1, -0.05) is 6.92 Å². The second-order valence-corrected chi connectivity index (χ2v) is 2.75. The molecule has 0 aromatic rings. The summed E-state index contributed by atoms with van der Waals surface area (Å²) in [7, 11) is 0. The van der Waals surface area contributed by atoms with Crippen LogP contribution < -0.4 is 0 Å². The molecule has 0 aliphatic rings. The topological polar surface area (TPSA) is 9.23 Å². The summed E-state index contributed by atoms with van der Waals surface area (Å²) in [5.74, 6) is 0.464. The molecule has 0 bridgehead atoms. The summed E-state index contributed by atoms with van der Waals surface area (Å²) in [5, 5.41) is -0.0294. The van der Waals surface area contributed by atoms with Crippen LogP contribution in [0.1, 0.15) is 13.3 Å². The second-order valence-electron chi connectivity index (χ2n) is 1.83. The van der Waals surface area contributed by atoms with Gasteiger partial charge in [0.2, 0.25) is 0 Å². The van der Waals surface area contributed by atoms with Crippen molar-refractivity contribution in [2.75, 3.05) is 19.1 Å². The predicted octanol–water partition coefficient (Wildman–Crippen LogP) is 2.26. The molecule has 1 nitrogen and oxygen atoms in total. The number of hydrogen-bond acceptors (Lipinski definition) is 1. The van der Waals surface area contributed by atoms with Gasteiger partial charge in [-0.25, -0.2) is 0 Å². The van der Waals surface area contributed by atoms with Crippen LogP contribution in [0.15, 0.2) is 0 Å². The van der Waals surface area contributed by atoms with Gasteiger partial charge >= 0.3 is 0 Å². The molecule has 0 fully saturated rings. The average molecular weight is 171 g/mol. The minimum absolute atomic E-state index is 0.0294. The zero-order valence-electron chi connectivity index (χ0n) is 5.57. The van der Waals surface area contributed by atoms with Crippen molar-refractivity contribution in [1.29, 1.82) is 0 Å². The number of halogens is 2. The Morgan fingerprint density at radius 1 is 1.56 bits per heavy atom. The van der Waals surface area contributed by atoms with Gasteiger partial charge in [-0.05, 0) is 6.42 Å². The summed E-state index contributed by atoms with van der Waals surface area (Å²) in [4.78, 5) is 0. The van der Waals surface area contributed by atoms with Crippen molar-refractivity contribution in [2.24, 2.45) is 0 Å². The van der Waals surface area contributed by atoms with Crippen LogP contribution in [0.2, 0.25) is 0 Å². The zero-order chi connectivity index (χ0) is 7.11. The van der Waals surface area contributed by atoms with Gasteiger partial charge < -0.3 is 4.74 Å². The van der Waals surface area contributed by atoms with E-state index in [0.717, 1.165) is 13.0 Å². The van der Waals surface area contributed by atoms with Crippen molar-refractivity contribution >= 4 is 23.2 Å². The van der Waals surface area contributed by atoms with E-state index in [9.17, 15) is 0 Å². The molecule has 0 aromatic carbocycles. The molecule has 0 saturated heterocycles. The van der Waals surface area contributed by atoms with Crippen molar-refractivity contribution < 1.29 is 4.74 Å². The fourth-order valence-corrected chi connectivity index (χ4v) is 0.578. The van der Waals surface area contributed by atoms with Crippen molar-refractivity contribution in [3.05, 3.63) is 0 Å². The van der Waals surface area contributed by atoms with Crippen LogP contribution in [0.4, 0.5) is 0 Å². The van der Waals surface area contributed by atoms with E-state index in [1.807, 2.05) is 0 Å². The van der Waals surface area contributed by atoms with Gasteiger partial charge in [-0.2, -0.15) is 0 Å². The quantitative estimate of drug-likeness (QED) is 0.455. The largest absolute Gasteiger partial charge is 0.380 e. The third-order valence-corrected chi connectivity index (χ3v) is 1.63. The molecule has 0 rings (SSSR count). The maximum absolute atomic E-state index is 5.64. The second kappa shape index (κ2) is 6.66. The SMILES string of the molecule is CCCOCC(Cl)CCl. The standard InChI is InChI=1S/C6H12Cl2O/c1-2-3-9-5-6(8)4-7/h6H,2-5H2,1H3. The Bertz CT molecular complexity index is 59.0. The van der Waals surface area contributed by atoms with E-state index in [4.69, 9.17) is 27.9 Å². The van der Waals surface area contributed by atoms with E-state index < -0.39 is 0 Å². The predicted molar refractivity (Wildman–Crippen MR) is 41.5 cm³/mol. The smallest absolute Gasteiger partial charge is 0.0704 e. The third-order valence-electron chi connectivity index (χ3n) is 0.815. The van der Waals surface area contributed by atoms with Gasteiger partial charge in [0, 0.05) is 12.5 Å². The fraction of sp³-hybridized carbons (Fsp3) is 1.00. The molecule has 0 aromatic heterocycles. The molecule has 0 heterocycles. The highest BCUT2D eigenvalue weighted by atomic mass is 35.5. The van der Waals surface area contributed by atoms with Gasteiger partial charge in [-0.3, -0.25) is 0 Å². The van der Waals surface area contributed by atoms with Gasteiger partial charge in [-0.15, -0.1) is 23.2 Å². The van der Waals surface area contributed by atoms with Crippen molar-refractivity contribution in [1.82, 2.24) is 0 Å². The Kier molecular flexibility index (Phi) is 7.06. The molecule has 0 aliphatic carbocycles. The molecule has 0 aliphatic heterocycles. The lowest BCUT2D eigenvalue weighted by Crippen LogP contribution is -2.10. The van der Waals surface area contributed by atoms with E-state index in [0.29, 0.717) is 12.5 Å². The molecule has 1 atom stereocenters. The normalized spacial score (nSPS) is 13.7. The van der Waals surface area contributed by atoms with Crippen molar-refractivity contribution in [2.45, 2.75) is 18.7 Å². The highest BCUT2D eigenvalue weighted by Gasteiger charge is 1.99. The molecule has 0 spiro atoms. The van der Waals surface area contributed by atoms with Crippen LogP contribution >= 0.6 is 23.2 Å². The monoisotopic (exact) mass is 170 g/mol. The molecule has 1 unspecified atom stereocenters. The summed E-state index contributed by atoms with van der Waals surface area (Å²) in [6, 6.07) is 0. The molecule has 0 radical (unpaired) electrons. The molecule has 9 heavy (non-hydrogen) atoms. The molecular weight excluding hydrogens is 159 g/mol. The Hall–Kier alpha value is 0.540. The first-order valence-corrected chi connectivity index (χ1v) is 4.06. The first-order valence-electron chi connectivity index (χ1n) is 3.09. The fourth-order valence-electron chi connectivity index (χ4n) is 0.400. The number of alkyl halides is 2. The van der Waals surface area contributed by atoms with Crippen LogP contribution in [0.5, 0.6) is 0 Å². The highest BCUT2D eigenvalue weighted by molar-refractivity contribution is 6.28. The number of hydrogen-bond donors (Lipinski definition) is 0.